The molecule has 2 aromatic carbocycles. The largest absolute Gasteiger partial charge is 0.443 e. The lowest BCUT2D eigenvalue weighted by Crippen LogP contribution is -2.38. The van der Waals surface area contributed by atoms with Crippen molar-refractivity contribution in [3.8, 4) is 0 Å². The van der Waals surface area contributed by atoms with E-state index in [1.54, 1.807) is 0 Å². The van der Waals surface area contributed by atoms with Gasteiger partial charge in [0.25, 0.3) is 0 Å². The zero-order valence-corrected chi connectivity index (χ0v) is 19.7. The summed E-state index contributed by atoms with van der Waals surface area (Å²) in [6.07, 6.45) is 10.5. The Balaban J connectivity index is 0.978. The standard InChI is InChI=1S/C28H29N5O2/c34-27(8-6-19-5-7-25-26(13-19)35-18-31-25)33-11-9-20(10-12-33)23-16-29-28(30-17-23)32-24-14-21-3-1-2-4-22(21)15-24/h1-5,7,13,16-18,20,24H,6,8-12,14-15H2,(H,29,30,32). The average Bonchev–Trinajstić information content (AvgIpc) is 3.54. The van der Waals surface area contributed by atoms with E-state index in [1.807, 2.05) is 35.5 Å². The van der Waals surface area contributed by atoms with Crippen molar-refractivity contribution in [1.29, 1.82) is 0 Å². The Morgan fingerprint density at radius 1 is 1.00 bits per heavy atom. The predicted molar refractivity (Wildman–Crippen MR) is 134 cm³/mol. The first-order valence-electron chi connectivity index (χ1n) is 12.5. The Labute approximate surface area is 204 Å². The Morgan fingerprint density at radius 3 is 2.49 bits per heavy atom. The van der Waals surface area contributed by atoms with E-state index in [-0.39, 0.29) is 5.91 Å². The van der Waals surface area contributed by atoms with E-state index in [4.69, 9.17) is 4.42 Å². The molecule has 0 saturated carbocycles. The number of aromatic nitrogens is 3. The van der Waals surface area contributed by atoms with Crippen LogP contribution in [0.5, 0.6) is 0 Å². The van der Waals surface area contributed by atoms with Crippen LogP contribution in [0.25, 0.3) is 11.1 Å². The SMILES string of the molecule is O=C(CCc1ccc2ncoc2c1)N1CCC(c2cnc(NC3Cc4ccccc4C3)nc2)CC1. The van der Waals surface area contributed by atoms with Gasteiger partial charge in [-0.15, -0.1) is 0 Å². The second kappa shape index (κ2) is 9.49. The molecule has 1 N–H and O–H groups in total. The molecular formula is C28H29N5O2. The third-order valence-corrected chi connectivity index (χ3v) is 7.40. The summed E-state index contributed by atoms with van der Waals surface area (Å²) < 4.78 is 5.37. The maximum Gasteiger partial charge on any atom is 0.222 e. The molecule has 0 atom stereocenters. The number of benzene rings is 2. The molecule has 0 bridgehead atoms. The van der Waals surface area contributed by atoms with Crippen LogP contribution in [0.1, 0.15) is 47.4 Å². The number of hydrogen-bond acceptors (Lipinski definition) is 6. The van der Waals surface area contributed by atoms with Gasteiger partial charge in [-0.2, -0.15) is 0 Å². The molecule has 1 amide bonds. The first kappa shape index (κ1) is 21.8. The van der Waals surface area contributed by atoms with E-state index < -0.39 is 0 Å². The molecule has 7 heteroatoms. The normalized spacial score (nSPS) is 16.5. The molecular weight excluding hydrogens is 438 g/mol. The fourth-order valence-corrected chi connectivity index (χ4v) is 5.39. The Morgan fingerprint density at radius 2 is 1.74 bits per heavy atom. The molecule has 3 heterocycles. The van der Waals surface area contributed by atoms with Gasteiger partial charge < -0.3 is 14.6 Å². The minimum atomic E-state index is 0.217. The van der Waals surface area contributed by atoms with E-state index in [9.17, 15) is 4.79 Å². The zero-order valence-electron chi connectivity index (χ0n) is 19.7. The molecule has 178 valence electrons. The summed E-state index contributed by atoms with van der Waals surface area (Å²) in [6, 6.07) is 14.9. The highest BCUT2D eigenvalue weighted by molar-refractivity contribution is 5.77. The van der Waals surface area contributed by atoms with Crippen LogP contribution in [0.2, 0.25) is 0 Å². The van der Waals surface area contributed by atoms with Gasteiger partial charge >= 0.3 is 0 Å². The highest BCUT2D eigenvalue weighted by Gasteiger charge is 2.25. The lowest BCUT2D eigenvalue weighted by molar-refractivity contribution is -0.132. The van der Waals surface area contributed by atoms with Crippen LogP contribution < -0.4 is 5.32 Å². The van der Waals surface area contributed by atoms with Crippen molar-refractivity contribution >= 4 is 23.0 Å². The van der Waals surface area contributed by atoms with Gasteiger partial charge in [-0.25, -0.2) is 15.0 Å². The van der Waals surface area contributed by atoms with Gasteiger partial charge in [-0.3, -0.25) is 4.79 Å². The zero-order chi connectivity index (χ0) is 23.6. The number of anilines is 1. The lowest BCUT2D eigenvalue weighted by atomic mass is 9.91. The number of carbonyl (C=O) groups excluding carboxylic acids is 1. The van der Waals surface area contributed by atoms with Gasteiger partial charge in [0, 0.05) is 37.9 Å². The summed E-state index contributed by atoms with van der Waals surface area (Å²) in [5, 5.41) is 3.49. The lowest BCUT2D eigenvalue weighted by Gasteiger charge is -2.32. The van der Waals surface area contributed by atoms with Crippen molar-refractivity contribution in [2.75, 3.05) is 18.4 Å². The third kappa shape index (κ3) is 4.76. The molecule has 7 nitrogen and oxygen atoms in total. The van der Waals surface area contributed by atoms with Gasteiger partial charge in [0.1, 0.15) is 5.52 Å². The van der Waals surface area contributed by atoms with E-state index >= 15 is 0 Å². The quantitative estimate of drug-likeness (QED) is 0.448. The van der Waals surface area contributed by atoms with Gasteiger partial charge in [0.15, 0.2) is 12.0 Å². The van der Waals surface area contributed by atoms with E-state index in [1.165, 1.54) is 17.5 Å². The Hall–Kier alpha value is -3.74. The predicted octanol–water partition coefficient (Wildman–Crippen LogP) is 4.54. The first-order chi connectivity index (χ1) is 17.2. The summed E-state index contributed by atoms with van der Waals surface area (Å²) in [7, 11) is 0. The molecule has 1 aliphatic carbocycles. The topological polar surface area (TPSA) is 84.2 Å². The number of nitrogens with zero attached hydrogens (tertiary/aromatic N) is 4. The average molecular weight is 468 g/mol. The number of aryl methyl sites for hydroxylation is 1. The number of hydrogen-bond donors (Lipinski definition) is 1. The van der Waals surface area contributed by atoms with Crippen molar-refractivity contribution < 1.29 is 9.21 Å². The van der Waals surface area contributed by atoms with Crippen molar-refractivity contribution in [2.24, 2.45) is 0 Å². The number of oxazole rings is 1. The molecule has 6 rings (SSSR count). The molecule has 35 heavy (non-hydrogen) atoms. The van der Waals surface area contributed by atoms with Gasteiger partial charge in [-0.05, 0) is 72.4 Å². The Bertz CT molecular complexity index is 1300. The van der Waals surface area contributed by atoms with Crippen LogP contribution in [0, 0.1) is 0 Å². The fourth-order valence-electron chi connectivity index (χ4n) is 5.39. The van der Waals surface area contributed by atoms with E-state index in [0.29, 0.717) is 30.7 Å². The second-order valence-electron chi connectivity index (χ2n) is 9.67. The fraction of sp³-hybridized carbons (Fsp3) is 0.357. The van der Waals surface area contributed by atoms with E-state index in [0.717, 1.165) is 61.0 Å². The van der Waals surface area contributed by atoms with Gasteiger partial charge in [0.2, 0.25) is 11.9 Å². The number of piperidine rings is 1. The molecule has 1 fully saturated rings. The number of rotatable bonds is 6. The number of amides is 1. The van der Waals surface area contributed by atoms with Gasteiger partial charge in [-0.1, -0.05) is 30.3 Å². The summed E-state index contributed by atoms with van der Waals surface area (Å²) in [6.45, 7) is 1.57. The number of carbonyl (C=O) groups is 1. The number of fused-ring (bicyclic) bond motifs is 2. The van der Waals surface area contributed by atoms with Crippen molar-refractivity contribution in [2.45, 2.75) is 50.5 Å². The highest BCUT2D eigenvalue weighted by Crippen LogP contribution is 2.29. The van der Waals surface area contributed by atoms with Crippen molar-refractivity contribution in [3.05, 3.63) is 83.5 Å². The van der Waals surface area contributed by atoms with Crippen LogP contribution >= 0.6 is 0 Å². The smallest absolute Gasteiger partial charge is 0.222 e. The molecule has 0 radical (unpaired) electrons. The highest BCUT2D eigenvalue weighted by atomic mass is 16.3. The summed E-state index contributed by atoms with van der Waals surface area (Å²) in [5.41, 5.74) is 6.71. The molecule has 1 saturated heterocycles. The number of nitrogens with one attached hydrogen (secondary N) is 1. The van der Waals surface area contributed by atoms with Crippen LogP contribution in [0.3, 0.4) is 0 Å². The minimum Gasteiger partial charge on any atom is -0.443 e. The molecule has 0 unspecified atom stereocenters. The van der Waals surface area contributed by atoms with E-state index in [2.05, 4.69) is 44.5 Å². The molecule has 0 spiro atoms. The monoisotopic (exact) mass is 467 g/mol. The molecule has 4 aromatic rings. The molecule has 2 aromatic heterocycles. The summed E-state index contributed by atoms with van der Waals surface area (Å²) in [5.74, 6) is 1.31. The van der Waals surface area contributed by atoms with Crippen LogP contribution in [-0.4, -0.2) is 44.9 Å². The third-order valence-electron chi connectivity index (χ3n) is 7.40. The maximum absolute atomic E-state index is 12.8. The number of likely N-dealkylation sites (tertiary alicyclic amines) is 1. The second-order valence-corrected chi connectivity index (χ2v) is 9.67. The summed E-state index contributed by atoms with van der Waals surface area (Å²) in [4.78, 5) is 28.1. The Kier molecular flexibility index (Phi) is 5.90. The summed E-state index contributed by atoms with van der Waals surface area (Å²) >= 11 is 0. The first-order valence-corrected chi connectivity index (χ1v) is 12.5. The van der Waals surface area contributed by atoms with Crippen molar-refractivity contribution in [3.63, 3.8) is 0 Å². The van der Waals surface area contributed by atoms with Crippen LogP contribution in [0.4, 0.5) is 5.95 Å². The van der Waals surface area contributed by atoms with Crippen molar-refractivity contribution in [1.82, 2.24) is 19.9 Å². The van der Waals surface area contributed by atoms with Crippen LogP contribution in [-0.2, 0) is 24.1 Å². The molecule has 1 aliphatic heterocycles. The minimum absolute atomic E-state index is 0.217. The molecule has 2 aliphatic rings. The van der Waals surface area contributed by atoms with Gasteiger partial charge in [0.05, 0.1) is 0 Å². The van der Waals surface area contributed by atoms with Crippen LogP contribution in [0.15, 0.2) is 65.7 Å². The maximum atomic E-state index is 12.8.